The smallest absolute Gasteiger partial charge is 0.236 e. The molecular formula is C23H19N3OS. The molecule has 0 unspecified atom stereocenters. The van der Waals surface area contributed by atoms with E-state index in [-0.39, 0.29) is 0 Å². The highest BCUT2D eigenvalue weighted by Gasteiger charge is 2.14. The predicted molar refractivity (Wildman–Crippen MR) is 115 cm³/mol. The maximum Gasteiger partial charge on any atom is 0.236 e. The summed E-state index contributed by atoms with van der Waals surface area (Å²) >= 11 is 1.46. The number of para-hydroxylation sites is 1. The molecule has 0 atom stereocenters. The van der Waals surface area contributed by atoms with Crippen LogP contribution in [0.5, 0.6) is 11.6 Å². The Labute approximate surface area is 168 Å². The Morgan fingerprint density at radius 1 is 0.786 bits per heavy atom. The van der Waals surface area contributed by atoms with Gasteiger partial charge in [-0.15, -0.1) is 0 Å². The van der Waals surface area contributed by atoms with Gasteiger partial charge in [-0.05, 0) is 54.3 Å². The van der Waals surface area contributed by atoms with Gasteiger partial charge in [-0.2, -0.15) is 4.98 Å². The SMILES string of the molecule is Cc1ccccc1-c1cnc(NSc2ccccc2)nc1Oc1ccccc1. The van der Waals surface area contributed by atoms with E-state index in [2.05, 4.69) is 33.7 Å². The Bertz CT molecular complexity index is 1060. The predicted octanol–water partition coefficient (Wildman–Crippen LogP) is 6.36. The molecule has 1 N–H and O–H groups in total. The van der Waals surface area contributed by atoms with E-state index in [9.17, 15) is 0 Å². The molecule has 0 bridgehead atoms. The molecule has 3 aromatic carbocycles. The van der Waals surface area contributed by atoms with Crippen LogP contribution in [0.15, 0.2) is 96.0 Å². The average molecular weight is 385 g/mol. The summed E-state index contributed by atoms with van der Waals surface area (Å²) in [5.41, 5.74) is 3.05. The lowest BCUT2D eigenvalue weighted by atomic mass is 10.0. The minimum absolute atomic E-state index is 0.497. The van der Waals surface area contributed by atoms with E-state index in [1.54, 1.807) is 0 Å². The number of rotatable bonds is 6. The molecule has 4 rings (SSSR count). The average Bonchev–Trinajstić information content (AvgIpc) is 2.75. The highest BCUT2D eigenvalue weighted by atomic mass is 32.2. The molecule has 0 fully saturated rings. The Kier molecular flexibility index (Phi) is 5.54. The summed E-state index contributed by atoms with van der Waals surface area (Å²) in [5, 5.41) is 0. The van der Waals surface area contributed by atoms with Crippen molar-refractivity contribution < 1.29 is 4.74 Å². The highest BCUT2D eigenvalue weighted by Crippen LogP contribution is 2.34. The summed E-state index contributed by atoms with van der Waals surface area (Å²) in [7, 11) is 0. The zero-order valence-electron chi connectivity index (χ0n) is 15.4. The van der Waals surface area contributed by atoms with E-state index in [4.69, 9.17) is 4.74 Å². The summed E-state index contributed by atoms with van der Waals surface area (Å²) < 4.78 is 9.31. The van der Waals surface area contributed by atoms with Gasteiger partial charge in [0.05, 0.1) is 5.56 Å². The first kappa shape index (κ1) is 18.1. The molecular weight excluding hydrogens is 366 g/mol. The summed E-state index contributed by atoms with van der Waals surface area (Å²) in [6.45, 7) is 2.07. The number of aryl methyl sites for hydroxylation is 1. The Morgan fingerprint density at radius 2 is 1.46 bits per heavy atom. The van der Waals surface area contributed by atoms with Gasteiger partial charge in [0.2, 0.25) is 11.8 Å². The molecule has 28 heavy (non-hydrogen) atoms. The van der Waals surface area contributed by atoms with Gasteiger partial charge < -0.3 is 4.74 Å². The van der Waals surface area contributed by atoms with Crippen molar-refractivity contribution in [2.45, 2.75) is 11.8 Å². The van der Waals surface area contributed by atoms with Gasteiger partial charge in [0.1, 0.15) is 5.75 Å². The number of nitrogens with one attached hydrogen (secondary N) is 1. The Hall–Kier alpha value is -3.31. The molecule has 5 heteroatoms. The van der Waals surface area contributed by atoms with Crippen molar-refractivity contribution in [3.05, 3.63) is 96.7 Å². The maximum atomic E-state index is 6.11. The van der Waals surface area contributed by atoms with E-state index in [1.807, 2.05) is 79.0 Å². The molecule has 0 spiro atoms. The fourth-order valence-electron chi connectivity index (χ4n) is 2.75. The van der Waals surface area contributed by atoms with E-state index >= 15 is 0 Å². The van der Waals surface area contributed by atoms with Gasteiger partial charge in [0.25, 0.3) is 0 Å². The van der Waals surface area contributed by atoms with Gasteiger partial charge in [0.15, 0.2) is 0 Å². The number of hydrogen-bond donors (Lipinski definition) is 1. The van der Waals surface area contributed by atoms with Crippen LogP contribution in [0.1, 0.15) is 5.56 Å². The van der Waals surface area contributed by atoms with Crippen LogP contribution in [0.4, 0.5) is 5.95 Å². The molecule has 4 nitrogen and oxygen atoms in total. The van der Waals surface area contributed by atoms with E-state index in [1.165, 1.54) is 11.9 Å². The van der Waals surface area contributed by atoms with Crippen molar-refractivity contribution >= 4 is 17.9 Å². The second kappa shape index (κ2) is 8.59. The summed E-state index contributed by atoms with van der Waals surface area (Å²) in [4.78, 5) is 10.2. The van der Waals surface area contributed by atoms with Crippen molar-refractivity contribution in [3.63, 3.8) is 0 Å². The monoisotopic (exact) mass is 385 g/mol. The lowest BCUT2D eigenvalue weighted by Gasteiger charge is -2.13. The van der Waals surface area contributed by atoms with E-state index in [0.717, 1.165) is 27.3 Å². The topological polar surface area (TPSA) is 47.0 Å². The van der Waals surface area contributed by atoms with Crippen LogP contribution < -0.4 is 9.46 Å². The molecule has 138 valence electrons. The van der Waals surface area contributed by atoms with Crippen molar-refractivity contribution in [3.8, 4) is 22.8 Å². The van der Waals surface area contributed by atoms with Gasteiger partial charge >= 0.3 is 0 Å². The maximum absolute atomic E-state index is 6.11. The fourth-order valence-corrected chi connectivity index (χ4v) is 3.35. The van der Waals surface area contributed by atoms with Gasteiger partial charge in [0, 0.05) is 11.1 Å². The molecule has 1 aromatic heterocycles. The molecule has 0 aliphatic heterocycles. The third-order valence-electron chi connectivity index (χ3n) is 4.15. The molecule has 1 heterocycles. The largest absolute Gasteiger partial charge is 0.438 e. The van der Waals surface area contributed by atoms with Gasteiger partial charge in [-0.3, -0.25) is 4.72 Å². The molecule has 0 aliphatic carbocycles. The zero-order valence-corrected chi connectivity index (χ0v) is 16.2. The number of ether oxygens (including phenoxy) is 1. The molecule has 4 aromatic rings. The number of nitrogens with zero attached hydrogens (tertiary/aromatic N) is 2. The van der Waals surface area contributed by atoms with Crippen LogP contribution >= 0.6 is 11.9 Å². The second-order valence-electron chi connectivity index (χ2n) is 6.16. The number of aromatic nitrogens is 2. The number of anilines is 1. The number of hydrogen-bond acceptors (Lipinski definition) is 5. The lowest BCUT2D eigenvalue weighted by Crippen LogP contribution is -1.99. The third kappa shape index (κ3) is 4.32. The summed E-state index contributed by atoms with van der Waals surface area (Å²) in [6, 6.07) is 27.8. The van der Waals surface area contributed by atoms with Crippen LogP contribution in [0, 0.1) is 6.92 Å². The first-order valence-corrected chi connectivity index (χ1v) is 9.75. The van der Waals surface area contributed by atoms with Crippen LogP contribution in [-0.2, 0) is 0 Å². The summed E-state index contributed by atoms with van der Waals surface area (Å²) in [5.74, 6) is 1.75. The fraction of sp³-hybridized carbons (Fsp3) is 0.0435. The van der Waals surface area contributed by atoms with Crippen LogP contribution in [0.3, 0.4) is 0 Å². The minimum atomic E-state index is 0.497. The molecule has 0 saturated heterocycles. The quantitative estimate of drug-likeness (QED) is 0.391. The van der Waals surface area contributed by atoms with Gasteiger partial charge in [-0.25, -0.2) is 4.98 Å². The second-order valence-corrected chi connectivity index (χ2v) is 7.04. The molecule has 0 radical (unpaired) electrons. The highest BCUT2D eigenvalue weighted by molar-refractivity contribution is 8.00. The first-order chi connectivity index (χ1) is 13.8. The van der Waals surface area contributed by atoms with Crippen LogP contribution in [0.2, 0.25) is 0 Å². The van der Waals surface area contributed by atoms with Crippen molar-refractivity contribution in [2.24, 2.45) is 0 Å². The van der Waals surface area contributed by atoms with E-state index < -0.39 is 0 Å². The van der Waals surface area contributed by atoms with Crippen molar-refractivity contribution in [2.75, 3.05) is 4.72 Å². The zero-order chi connectivity index (χ0) is 19.2. The lowest BCUT2D eigenvalue weighted by molar-refractivity contribution is 0.464. The Morgan fingerprint density at radius 3 is 2.21 bits per heavy atom. The van der Waals surface area contributed by atoms with Crippen molar-refractivity contribution in [1.82, 2.24) is 9.97 Å². The molecule has 0 amide bonds. The molecule has 0 saturated carbocycles. The first-order valence-electron chi connectivity index (χ1n) is 8.93. The van der Waals surface area contributed by atoms with E-state index in [0.29, 0.717) is 11.8 Å². The van der Waals surface area contributed by atoms with Gasteiger partial charge in [-0.1, -0.05) is 60.7 Å². The third-order valence-corrected chi connectivity index (χ3v) is 4.94. The standard InChI is InChI=1S/C23H19N3OS/c1-17-10-8-9-15-20(17)21-16-24-23(26-28-19-13-6-3-7-14-19)25-22(21)27-18-11-4-2-5-12-18/h2-16H,1H3,(H,24,25,26). The normalized spacial score (nSPS) is 10.5. The molecule has 0 aliphatic rings. The summed E-state index contributed by atoms with van der Waals surface area (Å²) in [6.07, 6.45) is 1.81. The van der Waals surface area contributed by atoms with Crippen LogP contribution in [0.25, 0.3) is 11.1 Å². The van der Waals surface area contributed by atoms with Crippen LogP contribution in [-0.4, -0.2) is 9.97 Å². The van der Waals surface area contributed by atoms with Crippen molar-refractivity contribution in [1.29, 1.82) is 0 Å². The minimum Gasteiger partial charge on any atom is -0.438 e. The number of benzene rings is 3. The Balaban J connectivity index is 1.67.